The molecule has 2 N–H and O–H groups in total. The van der Waals surface area contributed by atoms with Crippen molar-refractivity contribution in [1.29, 1.82) is 0 Å². The Balaban J connectivity index is 2.15. The Kier molecular flexibility index (Phi) is 2.63. The number of aryl methyl sites for hydroxylation is 1. The van der Waals surface area contributed by atoms with Gasteiger partial charge in [0.25, 0.3) is 0 Å². The molecule has 19 heavy (non-hydrogen) atoms. The van der Waals surface area contributed by atoms with Crippen LogP contribution in [-0.2, 0) is 0 Å². The van der Waals surface area contributed by atoms with Gasteiger partial charge < -0.3 is 19.9 Å². The maximum atomic E-state index is 5.74. The second-order valence-corrected chi connectivity index (χ2v) is 4.17. The molecule has 0 saturated carbocycles. The molecule has 0 aliphatic carbocycles. The molecule has 1 aromatic heterocycles. The lowest BCUT2D eigenvalue weighted by Gasteiger charge is -2.08. The van der Waals surface area contributed by atoms with Crippen LogP contribution in [0.4, 0.5) is 5.82 Å². The van der Waals surface area contributed by atoms with Crippen LogP contribution in [0, 0.1) is 6.92 Å². The van der Waals surface area contributed by atoms with E-state index in [2.05, 4.69) is 9.97 Å². The maximum absolute atomic E-state index is 5.74. The summed E-state index contributed by atoms with van der Waals surface area (Å²) < 4.78 is 16.0. The molecule has 1 aromatic carbocycles. The van der Waals surface area contributed by atoms with E-state index < -0.39 is 0 Å². The van der Waals surface area contributed by atoms with E-state index in [0.29, 0.717) is 28.9 Å². The second-order valence-electron chi connectivity index (χ2n) is 4.17. The number of hydrogen-bond donors (Lipinski definition) is 1. The average molecular weight is 259 g/mol. The molecule has 2 aromatic rings. The first-order valence-corrected chi connectivity index (χ1v) is 5.76. The number of benzene rings is 1. The third-order valence-corrected chi connectivity index (χ3v) is 2.79. The molecule has 0 atom stereocenters. The Morgan fingerprint density at radius 3 is 2.79 bits per heavy atom. The molecule has 3 rings (SSSR count). The van der Waals surface area contributed by atoms with Crippen molar-refractivity contribution in [2.24, 2.45) is 0 Å². The fraction of sp³-hybridized carbons (Fsp3) is 0.231. The van der Waals surface area contributed by atoms with Crippen LogP contribution in [0.5, 0.6) is 17.2 Å². The molecule has 0 radical (unpaired) electrons. The van der Waals surface area contributed by atoms with Gasteiger partial charge in [-0.2, -0.15) is 0 Å². The molecule has 98 valence electrons. The zero-order chi connectivity index (χ0) is 13.4. The van der Waals surface area contributed by atoms with Gasteiger partial charge in [0, 0.05) is 17.3 Å². The van der Waals surface area contributed by atoms with Crippen LogP contribution in [0.2, 0.25) is 0 Å². The van der Waals surface area contributed by atoms with Crippen molar-refractivity contribution in [2.75, 3.05) is 19.6 Å². The van der Waals surface area contributed by atoms with Gasteiger partial charge in [-0.3, -0.25) is 0 Å². The lowest BCUT2D eigenvalue weighted by Crippen LogP contribution is -1.98. The second kappa shape index (κ2) is 4.31. The first-order chi connectivity index (χ1) is 9.17. The Morgan fingerprint density at radius 2 is 2.05 bits per heavy atom. The minimum Gasteiger partial charge on any atom is -0.493 e. The zero-order valence-electron chi connectivity index (χ0n) is 10.6. The maximum Gasteiger partial charge on any atom is 0.231 e. The molecule has 2 heterocycles. The first-order valence-electron chi connectivity index (χ1n) is 5.76. The fourth-order valence-corrected chi connectivity index (χ4v) is 1.98. The normalized spacial score (nSPS) is 12.5. The Morgan fingerprint density at radius 1 is 1.21 bits per heavy atom. The fourth-order valence-electron chi connectivity index (χ4n) is 1.98. The molecule has 0 fully saturated rings. The van der Waals surface area contributed by atoms with Crippen molar-refractivity contribution >= 4 is 5.82 Å². The monoisotopic (exact) mass is 259 g/mol. The van der Waals surface area contributed by atoms with Crippen LogP contribution in [0.25, 0.3) is 11.4 Å². The molecule has 0 saturated heterocycles. The predicted octanol–water partition coefficient (Wildman–Crippen LogP) is 1.77. The van der Waals surface area contributed by atoms with E-state index in [1.54, 1.807) is 13.2 Å². The molecule has 0 amide bonds. The van der Waals surface area contributed by atoms with Gasteiger partial charge in [-0.05, 0) is 19.1 Å². The van der Waals surface area contributed by atoms with Crippen molar-refractivity contribution in [3.05, 3.63) is 23.9 Å². The Hall–Kier alpha value is -2.50. The van der Waals surface area contributed by atoms with Gasteiger partial charge in [-0.1, -0.05) is 0 Å². The smallest absolute Gasteiger partial charge is 0.231 e. The molecule has 1 aliphatic heterocycles. The minimum atomic E-state index is 0.186. The van der Waals surface area contributed by atoms with Gasteiger partial charge in [0.2, 0.25) is 12.5 Å². The summed E-state index contributed by atoms with van der Waals surface area (Å²) in [6.07, 6.45) is 0. The van der Waals surface area contributed by atoms with Crippen LogP contribution < -0.4 is 19.9 Å². The third kappa shape index (κ3) is 2.01. The SMILES string of the molecule is COc1cc(-c2nc(C)cc(N)n2)cc2c1OCO2. The topological polar surface area (TPSA) is 79.5 Å². The zero-order valence-corrected chi connectivity index (χ0v) is 10.6. The molecule has 6 nitrogen and oxygen atoms in total. The van der Waals surface area contributed by atoms with Crippen LogP contribution in [0.3, 0.4) is 0 Å². The quantitative estimate of drug-likeness (QED) is 0.885. The van der Waals surface area contributed by atoms with Crippen molar-refractivity contribution < 1.29 is 14.2 Å². The number of nitrogens with zero attached hydrogens (tertiary/aromatic N) is 2. The molecule has 6 heteroatoms. The lowest BCUT2D eigenvalue weighted by atomic mass is 10.1. The standard InChI is InChI=1S/C13H13N3O3/c1-7-3-11(14)16-13(15-7)8-4-9(17-2)12-10(5-8)18-6-19-12/h3-5H,6H2,1-2H3,(H2,14,15,16). The summed E-state index contributed by atoms with van der Waals surface area (Å²) in [5.74, 6) is 2.78. The van der Waals surface area contributed by atoms with Gasteiger partial charge in [-0.15, -0.1) is 0 Å². The number of hydrogen-bond acceptors (Lipinski definition) is 6. The van der Waals surface area contributed by atoms with Crippen molar-refractivity contribution in [2.45, 2.75) is 6.92 Å². The van der Waals surface area contributed by atoms with Gasteiger partial charge >= 0.3 is 0 Å². The lowest BCUT2D eigenvalue weighted by molar-refractivity contribution is 0.171. The number of nitrogen functional groups attached to an aromatic ring is 1. The van der Waals surface area contributed by atoms with Crippen molar-refractivity contribution in [3.63, 3.8) is 0 Å². The Bertz CT molecular complexity index is 623. The van der Waals surface area contributed by atoms with E-state index in [4.69, 9.17) is 19.9 Å². The molecular formula is C13H13N3O3. The summed E-state index contributed by atoms with van der Waals surface area (Å²) >= 11 is 0. The third-order valence-electron chi connectivity index (χ3n) is 2.79. The van der Waals surface area contributed by atoms with E-state index in [1.165, 1.54) is 0 Å². The molecule has 0 unspecified atom stereocenters. The van der Waals surface area contributed by atoms with Crippen LogP contribution in [-0.4, -0.2) is 23.9 Å². The van der Waals surface area contributed by atoms with Gasteiger partial charge in [-0.25, -0.2) is 9.97 Å². The van der Waals surface area contributed by atoms with E-state index in [9.17, 15) is 0 Å². The molecule has 0 spiro atoms. The van der Waals surface area contributed by atoms with Crippen LogP contribution in [0.15, 0.2) is 18.2 Å². The number of fused-ring (bicyclic) bond motifs is 1. The van der Waals surface area contributed by atoms with E-state index in [0.717, 1.165) is 11.3 Å². The van der Waals surface area contributed by atoms with Gasteiger partial charge in [0.15, 0.2) is 17.3 Å². The summed E-state index contributed by atoms with van der Waals surface area (Å²) in [6, 6.07) is 5.34. The average Bonchev–Trinajstić information content (AvgIpc) is 2.84. The highest BCUT2D eigenvalue weighted by Gasteiger charge is 2.21. The minimum absolute atomic E-state index is 0.186. The summed E-state index contributed by atoms with van der Waals surface area (Å²) in [5.41, 5.74) is 7.32. The predicted molar refractivity (Wildman–Crippen MR) is 69.3 cm³/mol. The first kappa shape index (κ1) is 11.6. The largest absolute Gasteiger partial charge is 0.493 e. The summed E-state index contributed by atoms with van der Waals surface area (Å²) in [4.78, 5) is 8.58. The molecule has 0 bridgehead atoms. The summed E-state index contributed by atoms with van der Waals surface area (Å²) in [5, 5.41) is 0. The number of anilines is 1. The summed E-state index contributed by atoms with van der Waals surface area (Å²) in [6.45, 7) is 2.05. The van der Waals surface area contributed by atoms with Gasteiger partial charge in [0.05, 0.1) is 7.11 Å². The summed E-state index contributed by atoms with van der Waals surface area (Å²) in [7, 11) is 1.58. The Labute approximate surface area is 110 Å². The number of methoxy groups -OCH3 is 1. The highest BCUT2D eigenvalue weighted by atomic mass is 16.7. The molecular weight excluding hydrogens is 246 g/mol. The number of aromatic nitrogens is 2. The van der Waals surface area contributed by atoms with Crippen LogP contribution in [0.1, 0.15) is 5.69 Å². The highest BCUT2D eigenvalue weighted by Crippen LogP contribution is 2.43. The molecule has 1 aliphatic rings. The van der Waals surface area contributed by atoms with E-state index in [1.807, 2.05) is 19.1 Å². The number of rotatable bonds is 2. The number of ether oxygens (including phenoxy) is 3. The number of nitrogens with two attached hydrogens (primary N) is 1. The van der Waals surface area contributed by atoms with Crippen molar-refractivity contribution in [1.82, 2.24) is 9.97 Å². The highest BCUT2D eigenvalue weighted by molar-refractivity contribution is 5.67. The van der Waals surface area contributed by atoms with E-state index >= 15 is 0 Å². The van der Waals surface area contributed by atoms with Gasteiger partial charge in [0.1, 0.15) is 5.82 Å². The van der Waals surface area contributed by atoms with E-state index in [-0.39, 0.29) is 6.79 Å². The van der Waals surface area contributed by atoms with Crippen LogP contribution >= 0.6 is 0 Å². The van der Waals surface area contributed by atoms with Crippen molar-refractivity contribution in [3.8, 4) is 28.6 Å².